The maximum atomic E-state index is 13.6. The number of aryl methyl sites for hydroxylation is 1. The summed E-state index contributed by atoms with van der Waals surface area (Å²) in [4.78, 5) is 46.6. The Bertz CT molecular complexity index is 1300. The van der Waals surface area contributed by atoms with E-state index < -0.39 is 0 Å². The lowest BCUT2D eigenvalue weighted by molar-refractivity contribution is 0.0301. The number of aromatic nitrogens is 1. The molecule has 2 amide bonds. The van der Waals surface area contributed by atoms with Gasteiger partial charge in [0.15, 0.2) is 0 Å². The Hall–Kier alpha value is -3.13. The summed E-state index contributed by atoms with van der Waals surface area (Å²) in [5, 5.41) is 0. The highest BCUT2D eigenvalue weighted by molar-refractivity contribution is 5.97. The van der Waals surface area contributed by atoms with Crippen molar-refractivity contribution in [2.75, 3.05) is 39.5 Å². The Morgan fingerprint density at radius 1 is 0.950 bits per heavy atom. The number of likely N-dealkylation sites (tertiary alicyclic amines) is 1. The number of hydrogen-bond donors (Lipinski definition) is 1. The number of amides is 2. The van der Waals surface area contributed by atoms with Gasteiger partial charge in [0.2, 0.25) is 0 Å². The highest BCUT2D eigenvalue weighted by atomic mass is 16.5. The molecule has 8 heteroatoms. The van der Waals surface area contributed by atoms with Crippen LogP contribution in [0, 0.1) is 5.41 Å². The van der Waals surface area contributed by atoms with Crippen molar-refractivity contribution >= 4 is 11.8 Å². The average Bonchev–Trinajstić information content (AvgIpc) is 3.46. The van der Waals surface area contributed by atoms with Gasteiger partial charge >= 0.3 is 0 Å². The lowest BCUT2D eigenvalue weighted by Gasteiger charge is -2.42. The SMILES string of the molecule is O=C(c1c2c(c[nH]c1=O)CCCC2)N1CCC2(CCCCOC[C@@H]3CCCN3C(=O)c3ccccc3OC2)CC1. The molecule has 2 aromatic rings. The Morgan fingerprint density at radius 3 is 2.65 bits per heavy atom. The summed E-state index contributed by atoms with van der Waals surface area (Å²) >= 11 is 0. The number of carbonyl (C=O) groups is 2. The van der Waals surface area contributed by atoms with E-state index in [2.05, 4.69) is 4.98 Å². The zero-order chi connectivity index (χ0) is 27.5. The van der Waals surface area contributed by atoms with Crippen molar-refractivity contribution in [2.45, 2.75) is 76.7 Å². The molecular formula is C32H41N3O5. The Morgan fingerprint density at radius 2 is 1.77 bits per heavy atom. The van der Waals surface area contributed by atoms with E-state index in [4.69, 9.17) is 9.47 Å². The number of hydrogen-bond acceptors (Lipinski definition) is 5. The summed E-state index contributed by atoms with van der Waals surface area (Å²) in [6.07, 6.45) is 12.2. The van der Waals surface area contributed by atoms with Gasteiger partial charge in [-0.25, -0.2) is 0 Å². The van der Waals surface area contributed by atoms with Crippen LogP contribution in [0.1, 0.15) is 89.6 Å². The summed E-state index contributed by atoms with van der Waals surface area (Å²) in [7, 11) is 0. The summed E-state index contributed by atoms with van der Waals surface area (Å²) in [6.45, 7) is 3.72. The minimum absolute atomic E-state index is 0.0182. The van der Waals surface area contributed by atoms with E-state index in [1.165, 1.54) is 0 Å². The fourth-order valence-electron chi connectivity index (χ4n) is 7.12. The van der Waals surface area contributed by atoms with Crippen molar-refractivity contribution in [1.82, 2.24) is 14.8 Å². The third kappa shape index (κ3) is 5.42. The number of para-hydroxylation sites is 1. The second-order valence-electron chi connectivity index (χ2n) is 12.1. The molecule has 0 unspecified atom stereocenters. The predicted octanol–water partition coefficient (Wildman–Crippen LogP) is 4.36. The summed E-state index contributed by atoms with van der Waals surface area (Å²) in [5.74, 6) is 0.516. The van der Waals surface area contributed by atoms with Gasteiger partial charge in [-0.1, -0.05) is 18.6 Å². The number of benzene rings is 1. The molecule has 8 nitrogen and oxygen atoms in total. The molecule has 1 N–H and O–H groups in total. The van der Waals surface area contributed by atoms with Crippen LogP contribution in [0.3, 0.4) is 0 Å². The Labute approximate surface area is 236 Å². The molecule has 4 heterocycles. The van der Waals surface area contributed by atoms with Crippen LogP contribution in [0.15, 0.2) is 35.3 Å². The van der Waals surface area contributed by atoms with E-state index in [1.807, 2.05) is 34.1 Å². The monoisotopic (exact) mass is 547 g/mol. The van der Waals surface area contributed by atoms with Crippen LogP contribution in [0.4, 0.5) is 0 Å². The summed E-state index contributed by atoms with van der Waals surface area (Å²) in [6, 6.07) is 7.71. The van der Waals surface area contributed by atoms with Crippen LogP contribution in [-0.2, 0) is 17.6 Å². The second kappa shape index (κ2) is 11.8. The first-order valence-corrected chi connectivity index (χ1v) is 15.2. The van der Waals surface area contributed by atoms with Crippen molar-refractivity contribution < 1.29 is 19.1 Å². The predicted molar refractivity (Wildman–Crippen MR) is 152 cm³/mol. The van der Waals surface area contributed by atoms with Gasteiger partial charge in [-0.05, 0) is 87.5 Å². The third-order valence-corrected chi connectivity index (χ3v) is 9.59. The van der Waals surface area contributed by atoms with E-state index in [0.29, 0.717) is 49.8 Å². The minimum atomic E-state index is -0.270. The number of H-pyrrole nitrogens is 1. The van der Waals surface area contributed by atoms with Gasteiger partial charge in [0.25, 0.3) is 17.4 Å². The van der Waals surface area contributed by atoms with Gasteiger partial charge in [-0.3, -0.25) is 14.4 Å². The number of nitrogens with one attached hydrogen (secondary N) is 1. The quantitative estimate of drug-likeness (QED) is 0.573. The fraction of sp³-hybridized carbons (Fsp3) is 0.594. The van der Waals surface area contributed by atoms with Gasteiger partial charge in [0.1, 0.15) is 11.3 Å². The molecule has 214 valence electrons. The van der Waals surface area contributed by atoms with Crippen LogP contribution in [0.5, 0.6) is 5.75 Å². The van der Waals surface area contributed by atoms with Crippen molar-refractivity contribution in [3.05, 3.63) is 63.1 Å². The first-order valence-electron chi connectivity index (χ1n) is 15.2. The molecule has 1 aliphatic carbocycles. The van der Waals surface area contributed by atoms with E-state index in [-0.39, 0.29) is 28.8 Å². The number of carbonyl (C=O) groups excluding carboxylic acids is 2. The van der Waals surface area contributed by atoms with Gasteiger partial charge in [-0.15, -0.1) is 0 Å². The molecule has 0 radical (unpaired) electrons. The standard InChI is InChI=1S/C32H41N3O5/c36-29-28(25-10-2-1-8-23(25)20-33-29)31(38)34-17-14-32(15-18-34)13-5-6-19-39-21-24-9-7-16-35(24)30(37)26-11-3-4-12-27(26)40-22-32/h3-4,11-12,20,24H,1-2,5-10,13-19,21-22H2,(H,33,36)/t24-/m0/s1. The smallest absolute Gasteiger partial charge is 0.261 e. The van der Waals surface area contributed by atoms with Crippen LogP contribution < -0.4 is 10.3 Å². The molecule has 1 aromatic carbocycles. The molecule has 4 aliphatic rings. The molecule has 6 rings (SSSR count). The molecule has 2 fully saturated rings. The summed E-state index contributed by atoms with van der Waals surface area (Å²) in [5.41, 5.74) is 2.65. The van der Waals surface area contributed by atoms with Crippen molar-refractivity contribution in [3.8, 4) is 5.75 Å². The van der Waals surface area contributed by atoms with Crippen LogP contribution >= 0.6 is 0 Å². The fourth-order valence-corrected chi connectivity index (χ4v) is 7.12. The maximum absolute atomic E-state index is 13.6. The van der Waals surface area contributed by atoms with Crippen LogP contribution in [0.25, 0.3) is 0 Å². The minimum Gasteiger partial charge on any atom is -0.492 e. The molecule has 1 atom stereocenters. The molecule has 1 spiro atoms. The highest BCUT2D eigenvalue weighted by Gasteiger charge is 2.38. The van der Waals surface area contributed by atoms with Gasteiger partial charge in [-0.2, -0.15) is 0 Å². The van der Waals surface area contributed by atoms with Gasteiger partial charge < -0.3 is 24.3 Å². The largest absolute Gasteiger partial charge is 0.492 e. The lowest BCUT2D eigenvalue weighted by Crippen LogP contribution is -2.47. The van der Waals surface area contributed by atoms with Crippen molar-refractivity contribution in [3.63, 3.8) is 0 Å². The van der Waals surface area contributed by atoms with Crippen molar-refractivity contribution in [1.29, 1.82) is 0 Å². The molecule has 0 saturated carbocycles. The Balaban J connectivity index is 1.20. The normalized spacial score (nSPS) is 23.5. The van der Waals surface area contributed by atoms with Gasteiger partial charge in [0.05, 0.1) is 24.8 Å². The lowest BCUT2D eigenvalue weighted by atomic mass is 9.75. The Kier molecular flexibility index (Phi) is 7.96. The number of aromatic amines is 1. The first kappa shape index (κ1) is 27.1. The topological polar surface area (TPSA) is 91.9 Å². The van der Waals surface area contributed by atoms with Crippen molar-refractivity contribution in [2.24, 2.45) is 5.41 Å². The zero-order valence-corrected chi connectivity index (χ0v) is 23.4. The molecule has 0 bridgehead atoms. The number of fused-ring (bicyclic) bond motifs is 3. The highest BCUT2D eigenvalue weighted by Crippen LogP contribution is 2.39. The van der Waals surface area contributed by atoms with Crippen LogP contribution in [-0.4, -0.2) is 72.1 Å². The van der Waals surface area contributed by atoms with E-state index in [9.17, 15) is 14.4 Å². The molecule has 3 aliphatic heterocycles. The van der Waals surface area contributed by atoms with Gasteiger partial charge in [0, 0.05) is 37.9 Å². The number of piperidine rings is 1. The molecule has 2 saturated heterocycles. The summed E-state index contributed by atoms with van der Waals surface area (Å²) < 4.78 is 12.5. The number of pyridine rings is 1. The number of nitrogens with zero attached hydrogens (tertiary/aromatic N) is 2. The number of ether oxygens (including phenoxy) is 2. The third-order valence-electron chi connectivity index (χ3n) is 9.59. The molecule has 40 heavy (non-hydrogen) atoms. The molecule has 1 aromatic heterocycles. The molecular weight excluding hydrogens is 506 g/mol. The van der Waals surface area contributed by atoms with E-state index in [0.717, 1.165) is 88.3 Å². The first-order chi connectivity index (χ1) is 19.5. The average molecular weight is 548 g/mol. The van der Waals surface area contributed by atoms with E-state index in [1.54, 1.807) is 6.20 Å². The second-order valence-corrected chi connectivity index (χ2v) is 12.1. The zero-order valence-electron chi connectivity index (χ0n) is 23.4. The van der Waals surface area contributed by atoms with E-state index >= 15 is 0 Å². The van der Waals surface area contributed by atoms with Crippen LogP contribution in [0.2, 0.25) is 0 Å². The maximum Gasteiger partial charge on any atom is 0.261 e. The number of rotatable bonds is 1.